The fourth-order valence-corrected chi connectivity index (χ4v) is 4.85. The average Bonchev–Trinajstić information content (AvgIpc) is 2.67. The van der Waals surface area contributed by atoms with Gasteiger partial charge in [0.15, 0.2) is 5.75 Å². The van der Waals surface area contributed by atoms with Crippen LogP contribution >= 0.6 is 45.2 Å². The van der Waals surface area contributed by atoms with Gasteiger partial charge in [-0.3, -0.25) is 9.35 Å². The second-order valence-electron chi connectivity index (χ2n) is 7.08. The van der Waals surface area contributed by atoms with Gasteiger partial charge in [-0.25, -0.2) is 4.79 Å². The summed E-state index contributed by atoms with van der Waals surface area (Å²) in [6, 6.07) is 8.43. The summed E-state index contributed by atoms with van der Waals surface area (Å²) in [5.41, 5.74) is -0.178. The van der Waals surface area contributed by atoms with Crippen molar-refractivity contribution in [1.82, 2.24) is 0 Å². The third kappa shape index (κ3) is 6.37. The highest BCUT2D eigenvalue weighted by atomic mass is 127. The van der Waals surface area contributed by atoms with Gasteiger partial charge in [0, 0.05) is 9.13 Å². The summed E-state index contributed by atoms with van der Waals surface area (Å²) in [7, 11) is -4.46. The smallest absolute Gasteiger partial charge is 0.343 e. The number of esters is 2. The van der Waals surface area contributed by atoms with Gasteiger partial charge in [0.25, 0.3) is 10.1 Å². The molecule has 0 aliphatic rings. The Kier molecular flexibility index (Phi) is 8.27. The molecule has 7 nitrogen and oxygen atoms in total. The fourth-order valence-electron chi connectivity index (χ4n) is 2.25. The van der Waals surface area contributed by atoms with E-state index < -0.39 is 26.4 Å². The summed E-state index contributed by atoms with van der Waals surface area (Å²) >= 11 is 4.11. The third-order valence-corrected chi connectivity index (χ3v) is 6.72. The summed E-state index contributed by atoms with van der Waals surface area (Å²) in [6.45, 7) is 5.39. The Labute approximate surface area is 202 Å². The highest BCUT2D eigenvalue weighted by Crippen LogP contribution is 2.31. The van der Waals surface area contributed by atoms with Crippen LogP contribution < -0.4 is 4.74 Å². The molecule has 0 bridgehead atoms. The molecule has 0 aliphatic heterocycles. The topological polar surface area (TPSA) is 107 Å². The summed E-state index contributed by atoms with van der Waals surface area (Å²) in [5.74, 6) is -0.946. The molecule has 0 unspecified atom stereocenters. The van der Waals surface area contributed by atoms with Crippen molar-refractivity contribution in [3.63, 3.8) is 0 Å². The van der Waals surface area contributed by atoms with Gasteiger partial charge in [0.1, 0.15) is 6.61 Å². The van der Waals surface area contributed by atoms with Crippen LogP contribution in [0, 0.1) is 12.6 Å². The summed E-state index contributed by atoms with van der Waals surface area (Å²) in [6.07, 6.45) is 0.613. The lowest BCUT2D eigenvalue weighted by molar-refractivity contribution is -0.155. The number of ether oxygens (including phenoxy) is 2. The fraction of sp³-hybridized carbons (Fsp3) is 0.300. The second kappa shape index (κ2) is 9.92. The Hall–Kier alpha value is -1.25. The summed E-state index contributed by atoms with van der Waals surface area (Å²) in [4.78, 5) is 24.5. The van der Waals surface area contributed by atoms with Crippen molar-refractivity contribution in [3.05, 3.63) is 54.7 Å². The molecule has 2 aromatic rings. The lowest BCUT2D eigenvalue weighted by atomic mass is 9.91. The number of hydrogen-bond donors (Lipinski definition) is 1. The van der Waals surface area contributed by atoms with Crippen molar-refractivity contribution < 1.29 is 32.0 Å². The van der Waals surface area contributed by atoms with Crippen LogP contribution in [0.1, 0.15) is 43.1 Å². The molecule has 0 heterocycles. The van der Waals surface area contributed by atoms with Crippen molar-refractivity contribution >= 4 is 67.2 Å². The largest absolute Gasteiger partial charge is 0.460 e. The van der Waals surface area contributed by atoms with Gasteiger partial charge in [-0.15, -0.1) is 0 Å². The quantitative estimate of drug-likeness (QED) is 0.197. The van der Waals surface area contributed by atoms with Crippen LogP contribution in [-0.4, -0.2) is 24.9 Å². The van der Waals surface area contributed by atoms with Crippen LogP contribution in [0.3, 0.4) is 0 Å². The van der Waals surface area contributed by atoms with E-state index >= 15 is 0 Å². The number of carbonyl (C=O) groups excluding carboxylic acids is 2. The molecular weight excluding hydrogens is 638 g/mol. The minimum absolute atomic E-state index is 0.0467. The maximum Gasteiger partial charge on any atom is 0.343 e. The number of carbonyl (C=O) groups is 2. The molecule has 0 saturated heterocycles. The van der Waals surface area contributed by atoms with Gasteiger partial charge < -0.3 is 9.47 Å². The van der Waals surface area contributed by atoms with E-state index in [0.29, 0.717) is 15.6 Å². The van der Waals surface area contributed by atoms with Gasteiger partial charge in [-0.2, -0.15) is 8.42 Å². The van der Waals surface area contributed by atoms with Crippen molar-refractivity contribution in [2.75, 3.05) is 0 Å². The highest BCUT2D eigenvalue weighted by molar-refractivity contribution is 14.1. The zero-order chi connectivity index (χ0) is 22.7. The molecule has 0 aromatic heterocycles. The van der Waals surface area contributed by atoms with Crippen LogP contribution in [-0.2, 0) is 26.3 Å². The van der Waals surface area contributed by atoms with Crippen molar-refractivity contribution in [1.29, 1.82) is 0 Å². The third-order valence-electron chi connectivity index (χ3n) is 4.44. The van der Waals surface area contributed by atoms with Crippen LogP contribution in [0.15, 0.2) is 41.3 Å². The predicted molar refractivity (Wildman–Crippen MR) is 127 cm³/mol. The van der Waals surface area contributed by atoms with E-state index in [9.17, 15) is 22.6 Å². The Morgan fingerprint density at radius 3 is 2.40 bits per heavy atom. The van der Waals surface area contributed by atoms with E-state index in [2.05, 4.69) is 22.6 Å². The molecule has 0 radical (unpaired) electrons. The molecule has 0 spiro atoms. The van der Waals surface area contributed by atoms with E-state index in [-0.39, 0.29) is 23.9 Å². The minimum atomic E-state index is -4.46. The van der Waals surface area contributed by atoms with Crippen LogP contribution in [0.5, 0.6) is 5.75 Å². The lowest BCUT2D eigenvalue weighted by Gasteiger charge is -2.21. The van der Waals surface area contributed by atoms with Gasteiger partial charge in [-0.1, -0.05) is 13.0 Å². The number of halogens is 2. The van der Waals surface area contributed by atoms with E-state index in [1.54, 1.807) is 26.0 Å². The normalized spacial score (nSPS) is 11.8. The summed E-state index contributed by atoms with van der Waals surface area (Å²) in [5, 5.41) is 0. The molecule has 10 heteroatoms. The Morgan fingerprint density at radius 2 is 1.80 bits per heavy atom. The first-order valence-corrected chi connectivity index (χ1v) is 12.4. The molecule has 0 aliphatic carbocycles. The van der Waals surface area contributed by atoms with Crippen LogP contribution in [0.25, 0.3) is 0 Å². The van der Waals surface area contributed by atoms with Gasteiger partial charge in [0.05, 0.1) is 19.4 Å². The molecular formula is C20H20I2O7S. The number of benzene rings is 2. The van der Waals surface area contributed by atoms with Gasteiger partial charge >= 0.3 is 11.9 Å². The lowest BCUT2D eigenvalue weighted by Crippen LogP contribution is -2.25. The van der Waals surface area contributed by atoms with E-state index in [1.807, 2.05) is 29.5 Å². The zero-order valence-corrected chi connectivity index (χ0v) is 21.6. The number of hydrogen-bond acceptors (Lipinski definition) is 6. The molecule has 162 valence electrons. The van der Waals surface area contributed by atoms with Crippen LogP contribution in [0.2, 0.25) is 0 Å². The molecule has 2 aromatic carbocycles. The second-order valence-corrected chi connectivity index (χ2v) is 10.9. The SMILES string of the molecule is CCC(C)(C)C(=O)OCc1cc(I)cc(I)c1OC(=O)c1cccc(S(=O)(=O)O)c1. The predicted octanol–water partition coefficient (Wildman–Crippen LogP) is 4.84. The standard InChI is InChI=1S/C20H20I2O7S/c1-4-20(2,3)19(24)28-11-13-8-14(21)10-16(22)17(13)29-18(23)12-6-5-7-15(9-12)30(25,26)27/h5-10H,4,11H2,1-3H3,(H,25,26,27). The zero-order valence-electron chi connectivity index (χ0n) is 16.4. The first-order chi connectivity index (χ1) is 13.8. The first kappa shape index (κ1) is 25.0. The van der Waals surface area contributed by atoms with Crippen LogP contribution in [0.4, 0.5) is 0 Å². The van der Waals surface area contributed by atoms with Crippen molar-refractivity contribution in [3.8, 4) is 5.75 Å². The van der Waals surface area contributed by atoms with E-state index in [4.69, 9.17) is 9.47 Å². The maximum atomic E-state index is 12.6. The van der Waals surface area contributed by atoms with Crippen molar-refractivity contribution in [2.45, 2.75) is 38.7 Å². The maximum absolute atomic E-state index is 12.6. The molecule has 2 rings (SSSR count). The van der Waals surface area contributed by atoms with Gasteiger partial charge in [-0.05, 0) is 95.8 Å². The number of rotatable bonds is 7. The molecule has 0 amide bonds. The molecule has 0 saturated carbocycles. The molecule has 0 atom stereocenters. The van der Waals surface area contributed by atoms with Crippen molar-refractivity contribution in [2.24, 2.45) is 5.41 Å². The Morgan fingerprint density at radius 1 is 1.13 bits per heavy atom. The molecule has 1 N–H and O–H groups in total. The van der Waals surface area contributed by atoms with Gasteiger partial charge in [0.2, 0.25) is 0 Å². The average molecular weight is 658 g/mol. The monoisotopic (exact) mass is 658 g/mol. The van der Waals surface area contributed by atoms with E-state index in [0.717, 1.165) is 9.64 Å². The highest BCUT2D eigenvalue weighted by Gasteiger charge is 2.28. The first-order valence-electron chi connectivity index (χ1n) is 8.80. The summed E-state index contributed by atoms with van der Waals surface area (Å²) < 4.78 is 44.3. The minimum Gasteiger partial charge on any atom is -0.460 e. The Bertz CT molecular complexity index is 1080. The van der Waals surface area contributed by atoms with E-state index in [1.165, 1.54) is 18.2 Å². The molecule has 0 fully saturated rings. The molecule has 30 heavy (non-hydrogen) atoms. The Balaban J connectivity index is 2.31.